The van der Waals surface area contributed by atoms with Crippen LogP contribution in [0.3, 0.4) is 0 Å². The maximum absolute atomic E-state index is 13.2. The lowest BCUT2D eigenvalue weighted by Crippen LogP contribution is -2.64. The van der Waals surface area contributed by atoms with Crippen molar-refractivity contribution in [2.24, 2.45) is 11.7 Å². The minimum Gasteiger partial charge on any atom is -0.371 e. The van der Waals surface area contributed by atoms with Crippen molar-refractivity contribution in [2.45, 2.75) is 50.5 Å². The number of rotatable bonds is 5. The Morgan fingerprint density at radius 2 is 1.52 bits per heavy atom. The van der Waals surface area contributed by atoms with Crippen molar-refractivity contribution < 1.29 is 14.4 Å². The van der Waals surface area contributed by atoms with Crippen molar-refractivity contribution in [2.75, 3.05) is 44.2 Å². The van der Waals surface area contributed by atoms with Crippen LogP contribution in [-0.4, -0.2) is 72.7 Å². The minimum atomic E-state index is -0.575. The van der Waals surface area contributed by atoms with E-state index in [-0.39, 0.29) is 17.7 Å². The van der Waals surface area contributed by atoms with E-state index in [1.165, 1.54) is 6.42 Å². The number of carbonyl (C=O) groups excluding carboxylic acids is 3. The Hall–Kier alpha value is -2.41. The van der Waals surface area contributed by atoms with Crippen molar-refractivity contribution in [3.63, 3.8) is 0 Å². The van der Waals surface area contributed by atoms with Gasteiger partial charge in [-0.3, -0.25) is 19.3 Å². The number of likely N-dealkylation sites (tertiary alicyclic amines) is 2. The number of amides is 2. The van der Waals surface area contributed by atoms with E-state index >= 15 is 0 Å². The number of benzene rings is 1. The summed E-state index contributed by atoms with van der Waals surface area (Å²) in [6, 6.07) is 7.61. The molecule has 31 heavy (non-hydrogen) atoms. The van der Waals surface area contributed by atoms with Crippen molar-refractivity contribution in [3.05, 3.63) is 29.8 Å². The zero-order valence-corrected chi connectivity index (χ0v) is 18.3. The Labute approximate surface area is 184 Å². The van der Waals surface area contributed by atoms with Gasteiger partial charge in [-0.1, -0.05) is 6.42 Å². The van der Waals surface area contributed by atoms with E-state index in [0.717, 1.165) is 63.8 Å². The van der Waals surface area contributed by atoms with E-state index in [4.69, 9.17) is 5.73 Å². The molecule has 7 heteroatoms. The van der Waals surface area contributed by atoms with E-state index < -0.39 is 5.54 Å². The molecule has 4 rings (SSSR count). The van der Waals surface area contributed by atoms with Crippen LogP contribution in [0.15, 0.2) is 24.3 Å². The largest absolute Gasteiger partial charge is 0.371 e. The lowest BCUT2D eigenvalue weighted by atomic mass is 9.82. The van der Waals surface area contributed by atoms with E-state index in [1.807, 2.05) is 29.2 Å². The zero-order chi connectivity index (χ0) is 21.8. The fraction of sp³-hybridized carbons (Fsp3) is 0.625. The van der Waals surface area contributed by atoms with Gasteiger partial charge >= 0.3 is 0 Å². The first-order valence-electron chi connectivity index (χ1n) is 11.7. The summed E-state index contributed by atoms with van der Waals surface area (Å²) in [4.78, 5) is 43.0. The SMILES string of the molecule is NC(=O)C1(N2CCCCC2)CCN(C(=O)C2CCN(c3ccc(C=O)cc3)CC2)CC1. The van der Waals surface area contributed by atoms with Crippen molar-refractivity contribution in [1.29, 1.82) is 0 Å². The van der Waals surface area contributed by atoms with Gasteiger partial charge in [0.2, 0.25) is 11.8 Å². The second-order valence-corrected chi connectivity index (χ2v) is 9.24. The summed E-state index contributed by atoms with van der Waals surface area (Å²) < 4.78 is 0. The summed E-state index contributed by atoms with van der Waals surface area (Å²) in [6.45, 7) is 4.77. The molecule has 0 radical (unpaired) electrons. The number of nitrogens with zero attached hydrogens (tertiary/aromatic N) is 3. The molecule has 3 saturated heterocycles. The first-order valence-corrected chi connectivity index (χ1v) is 11.7. The molecule has 1 aromatic carbocycles. The maximum atomic E-state index is 13.2. The molecule has 0 spiro atoms. The van der Waals surface area contributed by atoms with Gasteiger partial charge in [-0.2, -0.15) is 0 Å². The molecule has 1 aromatic rings. The number of anilines is 1. The van der Waals surface area contributed by atoms with E-state index in [0.29, 0.717) is 31.5 Å². The van der Waals surface area contributed by atoms with E-state index in [1.54, 1.807) is 0 Å². The molecular weight excluding hydrogens is 392 g/mol. The molecule has 3 fully saturated rings. The van der Waals surface area contributed by atoms with Crippen LogP contribution in [0.2, 0.25) is 0 Å². The molecule has 0 bridgehead atoms. The molecule has 0 saturated carbocycles. The number of primary amides is 1. The first kappa shape index (κ1) is 21.8. The third-order valence-corrected chi connectivity index (χ3v) is 7.56. The highest BCUT2D eigenvalue weighted by Gasteiger charge is 2.46. The van der Waals surface area contributed by atoms with Crippen LogP contribution >= 0.6 is 0 Å². The Morgan fingerprint density at radius 3 is 2.06 bits per heavy atom. The Morgan fingerprint density at radius 1 is 0.903 bits per heavy atom. The van der Waals surface area contributed by atoms with Crippen molar-refractivity contribution >= 4 is 23.8 Å². The Balaban J connectivity index is 1.31. The third-order valence-electron chi connectivity index (χ3n) is 7.56. The second-order valence-electron chi connectivity index (χ2n) is 9.24. The average molecular weight is 427 g/mol. The highest BCUT2D eigenvalue weighted by Crippen LogP contribution is 2.33. The molecule has 0 aliphatic carbocycles. The summed E-state index contributed by atoms with van der Waals surface area (Å²) >= 11 is 0. The summed E-state index contributed by atoms with van der Waals surface area (Å²) in [7, 11) is 0. The molecule has 7 nitrogen and oxygen atoms in total. The highest BCUT2D eigenvalue weighted by atomic mass is 16.2. The van der Waals surface area contributed by atoms with Crippen LogP contribution < -0.4 is 10.6 Å². The molecule has 3 aliphatic heterocycles. The molecule has 0 unspecified atom stereocenters. The Bertz CT molecular complexity index is 788. The first-order chi connectivity index (χ1) is 15.0. The van der Waals surface area contributed by atoms with Gasteiger partial charge in [-0.25, -0.2) is 0 Å². The van der Waals surface area contributed by atoms with Crippen molar-refractivity contribution in [3.8, 4) is 0 Å². The number of aldehydes is 1. The average Bonchev–Trinajstić information content (AvgIpc) is 2.84. The number of hydrogen-bond donors (Lipinski definition) is 1. The van der Waals surface area contributed by atoms with Gasteiger partial charge in [0.05, 0.1) is 0 Å². The van der Waals surface area contributed by atoms with Crippen LogP contribution in [0.4, 0.5) is 5.69 Å². The quantitative estimate of drug-likeness (QED) is 0.728. The number of nitrogens with two attached hydrogens (primary N) is 1. The lowest BCUT2D eigenvalue weighted by Gasteiger charge is -2.48. The lowest BCUT2D eigenvalue weighted by molar-refractivity contribution is -0.144. The molecule has 2 amide bonds. The number of piperidine rings is 3. The highest BCUT2D eigenvalue weighted by molar-refractivity contribution is 5.86. The second kappa shape index (κ2) is 9.39. The van der Waals surface area contributed by atoms with Gasteiger partial charge in [0.1, 0.15) is 11.8 Å². The molecular formula is C24H34N4O3. The van der Waals surface area contributed by atoms with Gasteiger partial charge in [0.25, 0.3) is 0 Å². The topological polar surface area (TPSA) is 87.0 Å². The fourth-order valence-corrected chi connectivity index (χ4v) is 5.54. The molecule has 168 valence electrons. The number of carbonyl (C=O) groups is 3. The third kappa shape index (κ3) is 4.47. The molecule has 0 atom stereocenters. The fourth-order valence-electron chi connectivity index (χ4n) is 5.54. The van der Waals surface area contributed by atoms with Crippen LogP contribution in [0.1, 0.15) is 55.3 Å². The standard InChI is InChI=1S/C24H34N4O3/c25-23(31)24(28-12-2-1-3-13-28)10-16-27(17-11-24)22(30)20-8-14-26(15-9-20)21-6-4-19(18-29)5-7-21/h4-7,18,20H,1-3,8-17H2,(H2,25,31). The van der Waals surface area contributed by atoms with Gasteiger partial charge in [0, 0.05) is 43.3 Å². The summed E-state index contributed by atoms with van der Waals surface area (Å²) in [6.07, 6.45) is 7.27. The maximum Gasteiger partial charge on any atom is 0.238 e. The summed E-state index contributed by atoms with van der Waals surface area (Å²) in [5, 5.41) is 0. The van der Waals surface area contributed by atoms with Crippen LogP contribution in [-0.2, 0) is 9.59 Å². The Kier molecular flexibility index (Phi) is 6.60. The van der Waals surface area contributed by atoms with Gasteiger partial charge in [-0.05, 0) is 75.9 Å². The van der Waals surface area contributed by atoms with Gasteiger partial charge in [-0.15, -0.1) is 0 Å². The summed E-state index contributed by atoms with van der Waals surface area (Å²) in [5.41, 5.74) is 7.08. The van der Waals surface area contributed by atoms with Crippen LogP contribution in [0, 0.1) is 5.92 Å². The minimum absolute atomic E-state index is 0.0431. The smallest absolute Gasteiger partial charge is 0.238 e. The molecule has 0 aromatic heterocycles. The van der Waals surface area contributed by atoms with Crippen LogP contribution in [0.25, 0.3) is 0 Å². The molecule has 3 heterocycles. The monoisotopic (exact) mass is 426 g/mol. The molecule has 2 N–H and O–H groups in total. The zero-order valence-electron chi connectivity index (χ0n) is 18.3. The number of hydrogen-bond acceptors (Lipinski definition) is 5. The normalized spacial score (nSPS) is 22.8. The molecule has 3 aliphatic rings. The van der Waals surface area contributed by atoms with E-state index in [2.05, 4.69) is 9.80 Å². The van der Waals surface area contributed by atoms with Crippen LogP contribution in [0.5, 0.6) is 0 Å². The van der Waals surface area contributed by atoms with Crippen molar-refractivity contribution in [1.82, 2.24) is 9.80 Å². The van der Waals surface area contributed by atoms with E-state index in [9.17, 15) is 14.4 Å². The van der Waals surface area contributed by atoms with Gasteiger partial charge in [0.15, 0.2) is 0 Å². The van der Waals surface area contributed by atoms with Gasteiger partial charge < -0.3 is 15.5 Å². The predicted octanol–water partition coefficient (Wildman–Crippen LogP) is 2.05. The summed E-state index contributed by atoms with van der Waals surface area (Å²) in [5.74, 6) is 0.0460. The predicted molar refractivity (Wildman–Crippen MR) is 120 cm³/mol.